The zero-order valence-corrected chi connectivity index (χ0v) is 18.7. The first-order valence-corrected chi connectivity index (χ1v) is 11.3. The molecule has 164 valence electrons. The van der Waals surface area contributed by atoms with E-state index in [9.17, 15) is 9.59 Å². The third-order valence-electron chi connectivity index (χ3n) is 5.64. The molecule has 1 fully saturated rings. The van der Waals surface area contributed by atoms with Gasteiger partial charge in [0.2, 0.25) is 0 Å². The Morgan fingerprint density at radius 3 is 2.97 bits per heavy atom. The molecule has 3 aromatic rings. The summed E-state index contributed by atoms with van der Waals surface area (Å²) in [5.41, 5.74) is 2.17. The fraction of sp³-hybridized carbons (Fsp3) is 0.455. The number of carbonyl (C=O) groups excluding carboxylic acids is 2. The minimum absolute atomic E-state index is 0.0273. The van der Waals surface area contributed by atoms with E-state index in [0.717, 1.165) is 22.2 Å². The molecule has 0 aromatic carbocycles. The van der Waals surface area contributed by atoms with Crippen molar-refractivity contribution in [3.8, 4) is 0 Å². The van der Waals surface area contributed by atoms with E-state index in [0.29, 0.717) is 35.0 Å². The van der Waals surface area contributed by atoms with Gasteiger partial charge in [-0.2, -0.15) is 0 Å². The summed E-state index contributed by atoms with van der Waals surface area (Å²) in [6, 6.07) is 3.84. The third-order valence-corrected chi connectivity index (χ3v) is 6.77. The average molecular weight is 443 g/mol. The fourth-order valence-electron chi connectivity index (χ4n) is 4.16. The molecule has 1 aliphatic rings. The predicted molar refractivity (Wildman–Crippen MR) is 118 cm³/mol. The lowest BCUT2D eigenvalue weighted by molar-refractivity contribution is 0.0787. The number of aliphatic hydroxyl groups is 1. The zero-order chi connectivity index (χ0) is 22.1. The predicted octanol–water partition coefficient (Wildman–Crippen LogP) is 3.07. The SMILES string of the molecule is Cc1onc(C(C)C)c1C(=O)N1CCC(c2c(C(=O)NCCO)sc3ncccc23)C1. The van der Waals surface area contributed by atoms with Crippen LogP contribution in [0.2, 0.25) is 0 Å². The van der Waals surface area contributed by atoms with Gasteiger partial charge in [-0.3, -0.25) is 9.59 Å². The Kier molecular flexibility index (Phi) is 6.06. The molecule has 1 saturated heterocycles. The van der Waals surface area contributed by atoms with Gasteiger partial charge in [-0.1, -0.05) is 25.1 Å². The molecule has 0 spiro atoms. The first kappa shape index (κ1) is 21.5. The minimum atomic E-state index is -0.214. The lowest BCUT2D eigenvalue weighted by Gasteiger charge is -2.18. The van der Waals surface area contributed by atoms with Crippen LogP contribution in [-0.2, 0) is 0 Å². The number of carbonyl (C=O) groups is 2. The maximum absolute atomic E-state index is 13.3. The van der Waals surface area contributed by atoms with E-state index < -0.39 is 0 Å². The molecule has 4 rings (SSSR count). The molecular formula is C22H26N4O4S. The Bertz CT molecular complexity index is 1120. The normalized spacial score (nSPS) is 16.4. The average Bonchev–Trinajstić information content (AvgIpc) is 3.47. The van der Waals surface area contributed by atoms with Gasteiger partial charge in [0.1, 0.15) is 16.2 Å². The number of likely N-dealkylation sites (tertiary alicyclic amines) is 1. The summed E-state index contributed by atoms with van der Waals surface area (Å²) >= 11 is 1.35. The summed E-state index contributed by atoms with van der Waals surface area (Å²) in [6.45, 7) is 6.93. The highest BCUT2D eigenvalue weighted by atomic mass is 32.1. The molecule has 2 amide bonds. The molecule has 0 radical (unpaired) electrons. The van der Waals surface area contributed by atoms with E-state index in [2.05, 4.69) is 15.5 Å². The van der Waals surface area contributed by atoms with Crippen LogP contribution in [-0.4, -0.2) is 58.2 Å². The van der Waals surface area contributed by atoms with Crippen molar-refractivity contribution in [1.82, 2.24) is 20.4 Å². The lowest BCUT2D eigenvalue weighted by atomic mass is 9.95. The van der Waals surface area contributed by atoms with Crippen LogP contribution in [0, 0.1) is 6.92 Å². The Morgan fingerprint density at radius 2 is 2.23 bits per heavy atom. The molecule has 2 N–H and O–H groups in total. The van der Waals surface area contributed by atoms with Crippen molar-refractivity contribution >= 4 is 33.4 Å². The lowest BCUT2D eigenvalue weighted by Crippen LogP contribution is -2.30. The Hall–Kier alpha value is -2.78. The largest absolute Gasteiger partial charge is 0.395 e. The quantitative estimate of drug-likeness (QED) is 0.607. The van der Waals surface area contributed by atoms with Gasteiger partial charge in [0.15, 0.2) is 0 Å². The molecule has 0 bridgehead atoms. The molecule has 31 heavy (non-hydrogen) atoms. The highest BCUT2D eigenvalue weighted by Crippen LogP contribution is 2.40. The van der Waals surface area contributed by atoms with Crippen LogP contribution < -0.4 is 5.32 Å². The summed E-state index contributed by atoms with van der Waals surface area (Å²) in [4.78, 5) is 33.7. The Labute approximate surface area is 184 Å². The molecule has 0 aliphatic carbocycles. The van der Waals surface area contributed by atoms with Crippen LogP contribution in [0.5, 0.6) is 0 Å². The Balaban J connectivity index is 1.64. The topological polar surface area (TPSA) is 109 Å². The number of nitrogens with one attached hydrogen (secondary N) is 1. The van der Waals surface area contributed by atoms with Crippen LogP contribution >= 0.6 is 11.3 Å². The molecular weight excluding hydrogens is 416 g/mol. The summed E-state index contributed by atoms with van der Waals surface area (Å²) < 4.78 is 5.31. The van der Waals surface area contributed by atoms with E-state index in [1.165, 1.54) is 11.3 Å². The van der Waals surface area contributed by atoms with E-state index >= 15 is 0 Å². The first-order chi connectivity index (χ1) is 14.9. The van der Waals surface area contributed by atoms with Crippen molar-refractivity contribution < 1.29 is 19.2 Å². The molecule has 1 aliphatic heterocycles. The molecule has 3 aromatic heterocycles. The number of aryl methyl sites for hydroxylation is 1. The summed E-state index contributed by atoms with van der Waals surface area (Å²) in [5.74, 6) is 0.358. The van der Waals surface area contributed by atoms with Crippen molar-refractivity contribution in [3.63, 3.8) is 0 Å². The van der Waals surface area contributed by atoms with Gasteiger partial charge in [0, 0.05) is 37.1 Å². The maximum Gasteiger partial charge on any atom is 0.261 e. The molecule has 4 heterocycles. The highest BCUT2D eigenvalue weighted by molar-refractivity contribution is 7.20. The monoisotopic (exact) mass is 442 g/mol. The van der Waals surface area contributed by atoms with Gasteiger partial charge >= 0.3 is 0 Å². The van der Waals surface area contributed by atoms with Crippen LogP contribution in [0.1, 0.15) is 69.2 Å². The summed E-state index contributed by atoms with van der Waals surface area (Å²) in [7, 11) is 0. The van der Waals surface area contributed by atoms with Gasteiger partial charge in [0.25, 0.3) is 11.8 Å². The summed E-state index contributed by atoms with van der Waals surface area (Å²) in [5, 5.41) is 16.9. The van der Waals surface area contributed by atoms with Crippen molar-refractivity contribution in [2.75, 3.05) is 26.2 Å². The third kappa shape index (κ3) is 3.95. The Morgan fingerprint density at radius 1 is 1.42 bits per heavy atom. The van der Waals surface area contributed by atoms with Crippen molar-refractivity contribution in [2.24, 2.45) is 0 Å². The van der Waals surface area contributed by atoms with Gasteiger partial charge in [-0.25, -0.2) is 4.98 Å². The van der Waals surface area contributed by atoms with Crippen molar-refractivity contribution in [3.05, 3.63) is 45.8 Å². The smallest absolute Gasteiger partial charge is 0.261 e. The molecule has 1 atom stereocenters. The van der Waals surface area contributed by atoms with Crippen LogP contribution in [0.15, 0.2) is 22.9 Å². The number of hydrogen-bond donors (Lipinski definition) is 2. The number of amides is 2. The van der Waals surface area contributed by atoms with Crippen LogP contribution in [0.3, 0.4) is 0 Å². The van der Waals surface area contributed by atoms with Crippen molar-refractivity contribution in [1.29, 1.82) is 0 Å². The number of rotatable bonds is 6. The summed E-state index contributed by atoms with van der Waals surface area (Å²) in [6.07, 6.45) is 2.47. The maximum atomic E-state index is 13.3. The number of aromatic nitrogens is 2. The highest BCUT2D eigenvalue weighted by Gasteiger charge is 2.35. The number of thiophene rings is 1. The molecule has 0 saturated carbocycles. The van der Waals surface area contributed by atoms with Crippen LogP contribution in [0.25, 0.3) is 10.2 Å². The standard InChI is InChI=1S/C22H26N4O4S/c1-12(2)18-16(13(3)30-25-18)22(29)26-9-6-14(11-26)17-15-5-4-7-24-21(15)31-19(17)20(28)23-8-10-27/h4-5,7,12,14,27H,6,8-11H2,1-3H3,(H,23,28). The second-order valence-corrected chi connectivity index (χ2v) is 9.07. The number of pyridine rings is 1. The number of aliphatic hydroxyl groups excluding tert-OH is 1. The fourth-order valence-corrected chi connectivity index (χ4v) is 5.30. The zero-order valence-electron chi connectivity index (χ0n) is 17.8. The van der Waals surface area contributed by atoms with Gasteiger partial charge in [-0.05, 0) is 30.9 Å². The van der Waals surface area contributed by atoms with E-state index in [1.807, 2.05) is 30.9 Å². The molecule has 1 unspecified atom stereocenters. The first-order valence-electron chi connectivity index (χ1n) is 10.4. The van der Waals surface area contributed by atoms with Gasteiger partial charge < -0.3 is 19.8 Å². The number of nitrogens with zero attached hydrogens (tertiary/aromatic N) is 3. The minimum Gasteiger partial charge on any atom is -0.395 e. The second-order valence-electron chi connectivity index (χ2n) is 8.07. The van der Waals surface area contributed by atoms with Crippen LogP contribution in [0.4, 0.5) is 0 Å². The van der Waals surface area contributed by atoms with E-state index in [1.54, 1.807) is 13.1 Å². The second kappa shape index (κ2) is 8.76. The number of hydrogen-bond acceptors (Lipinski definition) is 7. The number of fused-ring (bicyclic) bond motifs is 1. The van der Waals surface area contributed by atoms with Crippen molar-refractivity contribution in [2.45, 2.75) is 39.0 Å². The van der Waals surface area contributed by atoms with E-state index in [-0.39, 0.29) is 36.8 Å². The molecule has 8 nitrogen and oxygen atoms in total. The van der Waals surface area contributed by atoms with E-state index in [4.69, 9.17) is 9.63 Å². The van der Waals surface area contributed by atoms with Gasteiger partial charge in [-0.15, -0.1) is 11.3 Å². The van der Waals surface area contributed by atoms with Gasteiger partial charge in [0.05, 0.1) is 17.2 Å². The molecule has 9 heteroatoms.